The van der Waals surface area contributed by atoms with Gasteiger partial charge in [0.2, 0.25) is 0 Å². The van der Waals surface area contributed by atoms with Gasteiger partial charge in [-0.25, -0.2) is 0 Å². The van der Waals surface area contributed by atoms with E-state index in [4.69, 9.17) is 29.6 Å². The van der Waals surface area contributed by atoms with E-state index in [0.717, 1.165) is 17.8 Å². The number of benzene rings is 2. The normalized spacial score (nSPS) is 26.2. The summed E-state index contributed by atoms with van der Waals surface area (Å²) in [6, 6.07) is 15.0. The SMILES string of the molecule is Nc1cc(C2c3ccccc3C3NC(=S)CCC32)ccc1Cl. The summed E-state index contributed by atoms with van der Waals surface area (Å²) < 4.78 is 0. The number of nitrogens with two attached hydrogens (primary N) is 1. The van der Waals surface area contributed by atoms with E-state index in [2.05, 4.69) is 35.6 Å². The number of hydrogen-bond donors (Lipinski definition) is 2. The molecule has 22 heavy (non-hydrogen) atoms. The van der Waals surface area contributed by atoms with Gasteiger partial charge < -0.3 is 11.1 Å². The Hall–Kier alpha value is -1.58. The molecule has 1 aliphatic carbocycles. The number of fused-ring (bicyclic) bond motifs is 3. The van der Waals surface area contributed by atoms with Crippen molar-refractivity contribution in [2.45, 2.75) is 24.8 Å². The van der Waals surface area contributed by atoms with E-state index < -0.39 is 0 Å². The summed E-state index contributed by atoms with van der Waals surface area (Å²) in [5.41, 5.74) is 10.7. The van der Waals surface area contributed by atoms with Crippen LogP contribution in [-0.2, 0) is 0 Å². The van der Waals surface area contributed by atoms with Gasteiger partial charge in [0.25, 0.3) is 0 Å². The molecule has 1 fully saturated rings. The molecule has 2 nitrogen and oxygen atoms in total. The molecule has 1 aliphatic heterocycles. The Bertz CT molecular complexity index is 759. The van der Waals surface area contributed by atoms with E-state index in [1.807, 2.05) is 12.1 Å². The van der Waals surface area contributed by atoms with Crippen molar-refractivity contribution in [1.82, 2.24) is 5.32 Å². The van der Waals surface area contributed by atoms with Crippen LogP contribution in [0.25, 0.3) is 0 Å². The molecule has 4 rings (SSSR count). The van der Waals surface area contributed by atoms with Gasteiger partial charge in [-0.3, -0.25) is 0 Å². The van der Waals surface area contributed by atoms with E-state index in [9.17, 15) is 0 Å². The number of piperidine rings is 1. The minimum atomic E-state index is 0.319. The van der Waals surface area contributed by atoms with Gasteiger partial charge >= 0.3 is 0 Å². The summed E-state index contributed by atoms with van der Waals surface area (Å²) >= 11 is 11.5. The molecule has 0 radical (unpaired) electrons. The lowest BCUT2D eigenvalue weighted by Crippen LogP contribution is -2.36. The maximum Gasteiger partial charge on any atom is 0.0758 e. The van der Waals surface area contributed by atoms with E-state index in [1.54, 1.807) is 0 Å². The molecule has 0 aromatic heterocycles. The number of anilines is 1. The van der Waals surface area contributed by atoms with Gasteiger partial charge in [0.1, 0.15) is 0 Å². The Labute approximate surface area is 140 Å². The van der Waals surface area contributed by atoms with E-state index in [1.165, 1.54) is 16.7 Å². The fraction of sp³-hybridized carbons (Fsp3) is 0.278. The third-order valence-electron chi connectivity index (χ3n) is 4.92. The largest absolute Gasteiger partial charge is 0.398 e. The highest BCUT2D eigenvalue weighted by atomic mass is 35.5. The van der Waals surface area contributed by atoms with Gasteiger partial charge in [-0.1, -0.05) is 54.2 Å². The van der Waals surface area contributed by atoms with Crippen LogP contribution >= 0.6 is 23.8 Å². The van der Waals surface area contributed by atoms with Crippen molar-refractivity contribution in [1.29, 1.82) is 0 Å². The average Bonchev–Trinajstić information content (AvgIpc) is 2.84. The molecule has 0 bridgehead atoms. The molecule has 1 heterocycles. The second-order valence-corrected chi connectivity index (χ2v) is 7.04. The lowest BCUT2D eigenvalue weighted by molar-refractivity contribution is 0.357. The fourth-order valence-electron chi connectivity index (χ4n) is 3.97. The maximum atomic E-state index is 6.09. The zero-order valence-electron chi connectivity index (χ0n) is 12.1. The van der Waals surface area contributed by atoms with Gasteiger partial charge in [0.15, 0.2) is 0 Å². The predicted molar refractivity (Wildman–Crippen MR) is 95.3 cm³/mol. The molecular formula is C18H17ClN2S. The first-order chi connectivity index (χ1) is 10.6. The van der Waals surface area contributed by atoms with Gasteiger partial charge in [0, 0.05) is 5.92 Å². The van der Waals surface area contributed by atoms with Crippen LogP contribution in [0.5, 0.6) is 0 Å². The molecule has 0 spiro atoms. The number of nitrogen functional groups attached to an aromatic ring is 1. The molecule has 2 aliphatic rings. The van der Waals surface area contributed by atoms with Crippen molar-refractivity contribution >= 4 is 34.5 Å². The van der Waals surface area contributed by atoms with Crippen LogP contribution in [-0.4, -0.2) is 4.99 Å². The molecule has 112 valence electrons. The monoisotopic (exact) mass is 328 g/mol. The number of rotatable bonds is 1. The second kappa shape index (κ2) is 5.25. The minimum absolute atomic E-state index is 0.319. The van der Waals surface area contributed by atoms with Crippen molar-refractivity contribution < 1.29 is 0 Å². The molecule has 3 N–H and O–H groups in total. The molecular weight excluding hydrogens is 312 g/mol. The number of thiocarbonyl (C=S) groups is 1. The number of nitrogens with one attached hydrogen (secondary N) is 1. The predicted octanol–water partition coefficient (Wildman–Crippen LogP) is 4.44. The van der Waals surface area contributed by atoms with Crippen molar-refractivity contribution in [2.75, 3.05) is 5.73 Å². The quantitative estimate of drug-likeness (QED) is 0.600. The second-order valence-electron chi connectivity index (χ2n) is 6.14. The summed E-state index contributed by atoms with van der Waals surface area (Å²) in [5, 5.41) is 4.15. The van der Waals surface area contributed by atoms with Crippen LogP contribution in [0, 0.1) is 5.92 Å². The smallest absolute Gasteiger partial charge is 0.0758 e. The fourth-order valence-corrected chi connectivity index (χ4v) is 4.34. The summed E-state index contributed by atoms with van der Waals surface area (Å²) in [4.78, 5) is 0.979. The first kappa shape index (κ1) is 14.0. The van der Waals surface area contributed by atoms with E-state index in [0.29, 0.717) is 28.6 Å². The molecule has 3 atom stereocenters. The Morgan fingerprint density at radius 1 is 1.14 bits per heavy atom. The first-order valence-corrected chi connectivity index (χ1v) is 8.37. The molecule has 2 aromatic rings. The molecule has 0 amide bonds. The van der Waals surface area contributed by atoms with Crippen LogP contribution < -0.4 is 11.1 Å². The molecule has 4 heteroatoms. The third-order valence-corrected chi connectivity index (χ3v) is 5.59. The van der Waals surface area contributed by atoms with Gasteiger partial charge in [-0.2, -0.15) is 0 Å². The Kier molecular flexibility index (Phi) is 3.35. The van der Waals surface area contributed by atoms with Gasteiger partial charge in [0.05, 0.1) is 21.7 Å². The van der Waals surface area contributed by atoms with Crippen LogP contribution in [0.4, 0.5) is 5.69 Å². The van der Waals surface area contributed by atoms with E-state index in [-0.39, 0.29) is 0 Å². The molecule has 1 saturated heterocycles. The topological polar surface area (TPSA) is 38.0 Å². The van der Waals surface area contributed by atoms with Crippen LogP contribution in [0.15, 0.2) is 42.5 Å². The first-order valence-electron chi connectivity index (χ1n) is 7.58. The Balaban J connectivity index is 1.84. The highest BCUT2D eigenvalue weighted by molar-refractivity contribution is 7.80. The van der Waals surface area contributed by atoms with Crippen LogP contribution in [0.1, 0.15) is 41.5 Å². The standard InChI is InChI=1S/C18H17ClN2S/c19-14-7-5-10(9-15(14)20)17-11-3-1-2-4-12(11)18-13(17)6-8-16(22)21-18/h1-5,7,9,13,17-18H,6,8,20H2,(H,21,22). The zero-order valence-corrected chi connectivity index (χ0v) is 13.6. The van der Waals surface area contributed by atoms with Crippen molar-refractivity contribution in [3.05, 3.63) is 64.2 Å². The van der Waals surface area contributed by atoms with Crippen molar-refractivity contribution in [2.24, 2.45) is 5.92 Å². The maximum absolute atomic E-state index is 6.09. The summed E-state index contributed by atoms with van der Waals surface area (Å²) in [5.74, 6) is 0.876. The van der Waals surface area contributed by atoms with Crippen LogP contribution in [0.2, 0.25) is 5.02 Å². The third kappa shape index (κ3) is 2.11. The van der Waals surface area contributed by atoms with Crippen molar-refractivity contribution in [3.63, 3.8) is 0 Å². The number of hydrogen-bond acceptors (Lipinski definition) is 2. The highest BCUT2D eigenvalue weighted by Gasteiger charge is 2.43. The Morgan fingerprint density at radius 3 is 2.68 bits per heavy atom. The molecule has 0 saturated carbocycles. The summed E-state index contributed by atoms with van der Waals surface area (Å²) in [7, 11) is 0. The lowest BCUT2D eigenvalue weighted by atomic mass is 9.80. The summed E-state index contributed by atoms with van der Waals surface area (Å²) in [6.45, 7) is 0. The van der Waals surface area contributed by atoms with Crippen LogP contribution in [0.3, 0.4) is 0 Å². The molecule has 2 aromatic carbocycles. The van der Waals surface area contributed by atoms with Crippen molar-refractivity contribution in [3.8, 4) is 0 Å². The zero-order chi connectivity index (χ0) is 15.3. The number of halogens is 1. The highest BCUT2D eigenvalue weighted by Crippen LogP contribution is 2.52. The summed E-state index contributed by atoms with van der Waals surface area (Å²) in [6.07, 6.45) is 2.07. The molecule has 3 unspecified atom stereocenters. The van der Waals surface area contributed by atoms with Gasteiger partial charge in [-0.15, -0.1) is 0 Å². The van der Waals surface area contributed by atoms with Gasteiger partial charge in [-0.05, 0) is 47.6 Å². The van der Waals surface area contributed by atoms with E-state index >= 15 is 0 Å². The average molecular weight is 329 g/mol. The minimum Gasteiger partial charge on any atom is -0.398 e. The Morgan fingerprint density at radius 2 is 1.91 bits per heavy atom. The lowest BCUT2D eigenvalue weighted by Gasteiger charge is -2.32.